The molecule has 0 heterocycles. The van der Waals surface area contributed by atoms with Gasteiger partial charge in [-0.05, 0) is 54.4 Å². The molecule has 0 aromatic heterocycles. The van der Waals surface area contributed by atoms with E-state index < -0.39 is 0 Å². The van der Waals surface area contributed by atoms with Gasteiger partial charge in [-0.2, -0.15) is 0 Å². The molecule has 30 heavy (non-hydrogen) atoms. The van der Waals surface area contributed by atoms with Gasteiger partial charge in [-0.3, -0.25) is 4.79 Å². The number of benzene rings is 3. The van der Waals surface area contributed by atoms with E-state index in [0.29, 0.717) is 36.8 Å². The Morgan fingerprint density at radius 2 is 1.53 bits per heavy atom. The molecule has 3 aromatic carbocycles. The molecule has 0 atom stereocenters. The van der Waals surface area contributed by atoms with Crippen LogP contribution in [0.5, 0.6) is 17.2 Å². The van der Waals surface area contributed by atoms with Crippen molar-refractivity contribution < 1.29 is 19.0 Å². The molecule has 3 aromatic rings. The first-order chi connectivity index (χ1) is 14.6. The molecular formula is C25H27NO4. The summed E-state index contributed by atoms with van der Waals surface area (Å²) in [5.74, 6) is 2.03. The number of carbonyl (C=O) groups is 1. The fraction of sp³-hybridized carbons (Fsp3) is 0.240. The Kier molecular flexibility index (Phi) is 7.33. The number of rotatable bonds is 9. The summed E-state index contributed by atoms with van der Waals surface area (Å²) in [6, 6.07) is 23.0. The van der Waals surface area contributed by atoms with Crippen molar-refractivity contribution in [1.29, 1.82) is 0 Å². The summed E-state index contributed by atoms with van der Waals surface area (Å²) in [6.45, 7) is 3.55. The highest BCUT2D eigenvalue weighted by Crippen LogP contribution is 2.28. The number of carbonyl (C=O) groups excluding carboxylic acids is 1. The molecule has 0 fully saturated rings. The molecule has 1 amide bonds. The van der Waals surface area contributed by atoms with E-state index in [-0.39, 0.29) is 5.91 Å². The van der Waals surface area contributed by atoms with Crippen LogP contribution in [-0.4, -0.2) is 31.6 Å². The summed E-state index contributed by atoms with van der Waals surface area (Å²) in [5, 5.41) is 0. The SMILES string of the molecule is CCN(Cc1ccc(OC)c(OC)c1)C(=O)c1ccc(OCc2ccccc2)cc1. The second-order valence-corrected chi connectivity index (χ2v) is 6.81. The van der Waals surface area contributed by atoms with Gasteiger partial charge >= 0.3 is 0 Å². The minimum Gasteiger partial charge on any atom is -0.493 e. The second-order valence-electron chi connectivity index (χ2n) is 6.81. The number of nitrogens with zero attached hydrogens (tertiary/aromatic N) is 1. The predicted octanol–water partition coefficient (Wildman–Crippen LogP) is 4.95. The van der Waals surface area contributed by atoms with Crippen molar-refractivity contribution in [3.63, 3.8) is 0 Å². The molecule has 3 rings (SSSR count). The maximum atomic E-state index is 13.0. The second kappa shape index (κ2) is 10.3. The molecule has 0 N–H and O–H groups in total. The average molecular weight is 405 g/mol. The lowest BCUT2D eigenvalue weighted by Gasteiger charge is -2.22. The van der Waals surface area contributed by atoms with Gasteiger partial charge in [0.25, 0.3) is 5.91 Å². The number of ether oxygens (including phenoxy) is 3. The van der Waals surface area contributed by atoms with Crippen LogP contribution >= 0.6 is 0 Å². The van der Waals surface area contributed by atoms with Crippen LogP contribution in [0.1, 0.15) is 28.4 Å². The summed E-state index contributed by atoms with van der Waals surface area (Å²) in [4.78, 5) is 14.8. The van der Waals surface area contributed by atoms with E-state index in [1.807, 2.05) is 67.6 Å². The monoisotopic (exact) mass is 405 g/mol. The predicted molar refractivity (Wildman–Crippen MR) is 117 cm³/mol. The number of hydrogen-bond acceptors (Lipinski definition) is 4. The Bertz CT molecular complexity index is 955. The fourth-order valence-corrected chi connectivity index (χ4v) is 3.14. The number of amides is 1. The van der Waals surface area contributed by atoms with E-state index in [4.69, 9.17) is 14.2 Å². The van der Waals surface area contributed by atoms with Gasteiger partial charge in [0.15, 0.2) is 11.5 Å². The average Bonchev–Trinajstić information content (AvgIpc) is 2.81. The van der Waals surface area contributed by atoms with Crippen LogP contribution in [-0.2, 0) is 13.2 Å². The third-order valence-electron chi connectivity index (χ3n) is 4.84. The van der Waals surface area contributed by atoms with Crippen LogP contribution < -0.4 is 14.2 Å². The van der Waals surface area contributed by atoms with Crippen molar-refractivity contribution in [2.45, 2.75) is 20.1 Å². The van der Waals surface area contributed by atoms with Crippen LogP contribution in [0.2, 0.25) is 0 Å². The topological polar surface area (TPSA) is 48.0 Å². The molecule has 0 spiro atoms. The molecule has 5 nitrogen and oxygen atoms in total. The van der Waals surface area contributed by atoms with Crippen LogP contribution in [0.15, 0.2) is 72.8 Å². The van der Waals surface area contributed by atoms with Crippen molar-refractivity contribution in [2.24, 2.45) is 0 Å². The van der Waals surface area contributed by atoms with E-state index in [9.17, 15) is 4.79 Å². The van der Waals surface area contributed by atoms with Gasteiger partial charge in [-0.15, -0.1) is 0 Å². The van der Waals surface area contributed by atoms with Crippen LogP contribution in [0.25, 0.3) is 0 Å². The van der Waals surface area contributed by atoms with Crippen molar-refractivity contribution >= 4 is 5.91 Å². The van der Waals surface area contributed by atoms with E-state index in [1.165, 1.54) is 0 Å². The Balaban J connectivity index is 1.65. The maximum Gasteiger partial charge on any atom is 0.254 e. The zero-order chi connectivity index (χ0) is 21.3. The molecule has 0 bridgehead atoms. The van der Waals surface area contributed by atoms with Gasteiger partial charge in [0.2, 0.25) is 0 Å². The van der Waals surface area contributed by atoms with Crippen molar-refractivity contribution in [3.8, 4) is 17.2 Å². The Hall–Kier alpha value is -3.47. The van der Waals surface area contributed by atoms with Crippen LogP contribution in [0.4, 0.5) is 0 Å². The first-order valence-corrected chi connectivity index (χ1v) is 9.91. The highest BCUT2D eigenvalue weighted by Gasteiger charge is 2.16. The van der Waals surface area contributed by atoms with E-state index in [1.54, 1.807) is 31.3 Å². The number of hydrogen-bond donors (Lipinski definition) is 0. The molecular weight excluding hydrogens is 378 g/mol. The van der Waals surface area contributed by atoms with E-state index in [0.717, 1.165) is 16.9 Å². The maximum absolute atomic E-state index is 13.0. The highest BCUT2D eigenvalue weighted by atomic mass is 16.5. The largest absolute Gasteiger partial charge is 0.493 e. The van der Waals surface area contributed by atoms with Gasteiger partial charge in [0, 0.05) is 18.7 Å². The summed E-state index contributed by atoms with van der Waals surface area (Å²) < 4.78 is 16.5. The molecule has 156 valence electrons. The minimum atomic E-state index is -0.0260. The zero-order valence-electron chi connectivity index (χ0n) is 17.6. The third kappa shape index (κ3) is 5.32. The van der Waals surface area contributed by atoms with Gasteiger partial charge in [0.05, 0.1) is 14.2 Å². The quantitative estimate of drug-likeness (QED) is 0.506. The lowest BCUT2D eigenvalue weighted by Crippen LogP contribution is -2.30. The molecule has 0 aliphatic carbocycles. The molecule has 0 saturated heterocycles. The lowest BCUT2D eigenvalue weighted by atomic mass is 10.1. The van der Waals surface area contributed by atoms with Crippen molar-refractivity contribution in [2.75, 3.05) is 20.8 Å². The smallest absolute Gasteiger partial charge is 0.254 e. The molecule has 5 heteroatoms. The van der Waals surface area contributed by atoms with E-state index >= 15 is 0 Å². The summed E-state index contributed by atoms with van der Waals surface area (Å²) in [7, 11) is 3.21. The van der Waals surface area contributed by atoms with Crippen molar-refractivity contribution in [3.05, 3.63) is 89.5 Å². The van der Waals surface area contributed by atoms with Crippen LogP contribution in [0, 0.1) is 0 Å². The van der Waals surface area contributed by atoms with Crippen molar-refractivity contribution in [1.82, 2.24) is 4.90 Å². The first kappa shape index (κ1) is 21.2. The highest BCUT2D eigenvalue weighted by molar-refractivity contribution is 5.94. The molecule has 0 unspecified atom stereocenters. The minimum absolute atomic E-state index is 0.0260. The fourth-order valence-electron chi connectivity index (χ4n) is 3.14. The van der Waals surface area contributed by atoms with Crippen LogP contribution in [0.3, 0.4) is 0 Å². The normalized spacial score (nSPS) is 10.4. The van der Waals surface area contributed by atoms with Gasteiger partial charge in [-0.25, -0.2) is 0 Å². The summed E-state index contributed by atoms with van der Waals surface area (Å²) in [5.41, 5.74) is 2.71. The first-order valence-electron chi connectivity index (χ1n) is 9.91. The molecule has 0 saturated carbocycles. The molecule has 0 aliphatic heterocycles. The van der Waals surface area contributed by atoms with E-state index in [2.05, 4.69) is 0 Å². The Labute approximate surface area is 177 Å². The summed E-state index contributed by atoms with van der Waals surface area (Å²) >= 11 is 0. The van der Waals surface area contributed by atoms with Gasteiger partial charge in [0.1, 0.15) is 12.4 Å². The lowest BCUT2D eigenvalue weighted by molar-refractivity contribution is 0.0752. The Morgan fingerprint density at radius 1 is 0.833 bits per heavy atom. The standard InChI is InChI=1S/C25H27NO4/c1-4-26(17-20-10-15-23(28-2)24(16-20)29-3)25(27)21-11-13-22(14-12-21)30-18-19-8-6-5-7-9-19/h5-16H,4,17-18H2,1-3H3. The summed E-state index contributed by atoms with van der Waals surface area (Å²) in [6.07, 6.45) is 0. The molecule has 0 aliphatic rings. The zero-order valence-corrected chi connectivity index (χ0v) is 17.6. The van der Waals surface area contributed by atoms with Gasteiger partial charge in [-0.1, -0.05) is 36.4 Å². The number of methoxy groups -OCH3 is 2. The Morgan fingerprint density at radius 3 is 2.17 bits per heavy atom. The molecule has 0 radical (unpaired) electrons. The third-order valence-corrected chi connectivity index (χ3v) is 4.84. The van der Waals surface area contributed by atoms with Gasteiger partial charge < -0.3 is 19.1 Å².